The molecule has 0 aromatic heterocycles. The Kier molecular flexibility index (Phi) is 2.09. The fourth-order valence-electron chi connectivity index (χ4n) is 1.63. The van der Waals surface area contributed by atoms with Crippen LogP contribution in [-0.4, -0.2) is 25.0 Å². The van der Waals surface area contributed by atoms with Crippen LogP contribution in [0.3, 0.4) is 0 Å². The summed E-state index contributed by atoms with van der Waals surface area (Å²) < 4.78 is 0. The van der Waals surface area contributed by atoms with Gasteiger partial charge in [0.15, 0.2) is 6.29 Å². The minimum atomic E-state index is -0.665. The molecule has 0 saturated heterocycles. The molecule has 76 valence electrons. The van der Waals surface area contributed by atoms with Crippen molar-refractivity contribution in [1.82, 2.24) is 5.43 Å². The summed E-state index contributed by atoms with van der Waals surface area (Å²) in [7, 11) is 1.54. The lowest BCUT2D eigenvalue weighted by molar-refractivity contribution is -0.114. The average molecular weight is 204 g/mol. The van der Waals surface area contributed by atoms with Crippen molar-refractivity contribution >= 4 is 23.7 Å². The van der Waals surface area contributed by atoms with Gasteiger partial charge in [-0.3, -0.25) is 14.4 Å². The monoisotopic (exact) mass is 204 g/mol. The van der Waals surface area contributed by atoms with Gasteiger partial charge in [-0.2, -0.15) is 0 Å². The van der Waals surface area contributed by atoms with Crippen LogP contribution in [0.2, 0.25) is 0 Å². The topological polar surface area (TPSA) is 66.5 Å². The molecule has 2 rings (SSSR count). The van der Waals surface area contributed by atoms with E-state index in [-0.39, 0.29) is 11.1 Å². The summed E-state index contributed by atoms with van der Waals surface area (Å²) >= 11 is 0. The molecule has 1 N–H and O–H groups in total. The molecule has 0 saturated carbocycles. The van der Waals surface area contributed by atoms with Crippen LogP contribution in [0.4, 0.5) is 5.69 Å². The van der Waals surface area contributed by atoms with Crippen molar-refractivity contribution in [2.24, 2.45) is 0 Å². The molecule has 5 nitrogen and oxygen atoms in total. The molecule has 5 heteroatoms. The van der Waals surface area contributed by atoms with Crippen LogP contribution >= 0.6 is 0 Å². The van der Waals surface area contributed by atoms with Crippen molar-refractivity contribution in [3.8, 4) is 0 Å². The fourth-order valence-corrected chi connectivity index (χ4v) is 1.63. The van der Waals surface area contributed by atoms with Crippen LogP contribution < -0.4 is 10.4 Å². The maximum Gasteiger partial charge on any atom is 0.313 e. The smallest absolute Gasteiger partial charge is 0.298 e. The van der Waals surface area contributed by atoms with E-state index in [0.717, 1.165) is 5.01 Å². The SMILES string of the molecule is CNN1C(=O)C(=O)c2c(C=O)cccc21. The Hall–Kier alpha value is -2.01. The Morgan fingerprint density at radius 1 is 1.33 bits per heavy atom. The third-order valence-corrected chi connectivity index (χ3v) is 2.29. The number of nitrogens with zero attached hydrogens (tertiary/aromatic N) is 1. The first-order chi connectivity index (χ1) is 7.20. The lowest BCUT2D eigenvalue weighted by Gasteiger charge is -2.13. The number of carbonyl (C=O) groups is 3. The highest BCUT2D eigenvalue weighted by atomic mass is 16.2. The van der Waals surface area contributed by atoms with Crippen LogP contribution in [0.5, 0.6) is 0 Å². The van der Waals surface area contributed by atoms with E-state index in [1.807, 2.05) is 0 Å². The van der Waals surface area contributed by atoms with Crippen LogP contribution in [0.1, 0.15) is 20.7 Å². The Labute approximate surface area is 85.6 Å². The summed E-state index contributed by atoms with van der Waals surface area (Å²) in [5, 5.41) is 1.13. The third kappa shape index (κ3) is 1.17. The molecule has 0 atom stereocenters. The van der Waals surface area contributed by atoms with Crippen molar-refractivity contribution in [3.63, 3.8) is 0 Å². The van der Waals surface area contributed by atoms with Gasteiger partial charge < -0.3 is 0 Å². The number of Topliss-reactive ketones (excluding diaryl/α,β-unsaturated/α-hetero) is 1. The van der Waals surface area contributed by atoms with E-state index in [4.69, 9.17) is 0 Å². The molecule has 0 spiro atoms. The molecule has 0 radical (unpaired) electrons. The van der Waals surface area contributed by atoms with Gasteiger partial charge in [-0.25, -0.2) is 10.4 Å². The van der Waals surface area contributed by atoms with Gasteiger partial charge in [0.25, 0.3) is 5.78 Å². The minimum Gasteiger partial charge on any atom is -0.298 e. The maximum atomic E-state index is 11.6. The van der Waals surface area contributed by atoms with E-state index in [9.17, 15) is 14.4 Å². The van der Waals surface area contributed by atoms with E-state index in [1.165, 1.54) is 13.1 Å². The minimum absolute atomic E-state index is 0.173. The van der Waals surface area contributed by atoms with Crippen molar-refractivity contribution in [2.75, 3.05) is 12.1 Å². The molecule has 1 aliphatic rings. The van der Waals surface area contributed by atoms with Gasteiger partial charge in [-0.1, -0.05) is 12.1 Å². The summed E-state index contributed by atoms with van der Waals surface area (Å²) in [5.41, 5.74) is 3.44. The van der Waals surface area contributed by atoms with Crippen molar-refractivity contribution in [2.45, 2.75) is 0 Å². The Balaban J connectivity index is 2.69. The molecule has 1 aromatic rings. The van der Waals surface area contributed by atoms with E-state index in [0.29, 0.717) is 12.0 Å². The zero-order chi connectivity index (χ0) is 11.0. The van der Waals surface area contributed by atoms with Crippen molar-refractivity contribution < 1.29 is 14.4 Å². The predicted octanol–water partition coefficient (Wildman–Crippen LogP) is 0.163. The van der Waals surface area contributed by atoms with Gasteiger partial charge >= 0.3 is 5.91 Å². The Morgan fingerprint density at radius 3 is 2.67 bits per heavy atom. The van der Waals surface area contributed by atoms with Crippen LogP contribution in [0, 0.1) is 0 Å². The average Bonchev–Trinajstić information content (AvgIpc) is 2.51. The summed E-state index contributed by atoms with van der Waals surface area (Å²) in [5.74, 6) is -1.32. The Morgan fingerprint density at radius 2 is 2.07 bits per heavy atom. The highest BCUT2D eigenvalue weighted by Crippen LogP contribution is 2.29. The quantitative estimate of drug-likeness (QED) is 0.550. The third-order valence-electron chi connectivity index (χ3n) is 2.29. The molecule has 0 aliphatic carbocycles. The number of anilines is 1. The first-order valence-corrected chi connectivity index (χ1v) is 4.35. The number of rotatable bonds is 2. The van der Waals surface area contributed by atoms with Gasteiger partial charge in [-0.15, -0.1) is 0 Å². The number of fused-ring (bicyclic) bond motifs is 1. The van der Waals surface area contributed by atoms with E-state index >= 15 is 0 Å². The lowest BCUT2D eigenvalue weighted by atomic mass is 10.1. The van der Waals surface area contributed by atoms with E-state index in [1.54, 1.807) is 12.1 Å². The van der Waals surface area contributed by atoms with Gasteiger partial charge in [0, 0.05) is 12.6 Å². The zero-order valence-corrected chi connectivity index (χ0v) is 7.98. The van der Waals surface area contributed by atoms with Crippen molar-refractivity contribution in [3.05, 3.63) is 29.3 Å². The molecule has 1 aromatic carbocycles. The number of hydrazine groups is 1. The van der Waals surface area contributed by atoms with Crippen LogP contribution in [-0.2, 0) is 4.79 Å². The number of carbonyl (C=O) groups excluding carboxylic acids is 3. The standard InChI is InChI=1S/C10H8N2O3/c1-11-12-7-4-2-3-6(5-13)8(7)9(14)10(12)15/h2-5,11H,1H3. The molecule has 0 fully saturated rings. The number of nitrogens with one attached hydrogen (secondary N) is 1. The molecule has 15 heavy (non-hydrogen) atoms. The molecule has 1 heterocycles. The molecule has 1 aliphatic heterocycles. The van der Waals surface area contributed by atoms with Gasteiger partial charge in [-0.05, 0) is 6.07 Å². The highest BCUT2D eigenvalue weighted by molar-refractivity contribution is 6.52. The van der Waals surface area contributed by atoms with Gasteiger partial charge in [0.1, 0.15) is 0 Å². The number of benzene rings is 1. The largest absolute Gasteiger partial charge is 0.313 e. The molecule has 1 amide bonds. The summed E-state index contributed by atoms with van der Waals surface area (Å²) in [4.78, 5) is 33.7. The van der Waals surface area contributed by atoms with Crippen LogP contribution in [0.25, 0.3) is 0 Å². The van der Waals surface area contributed by atoms with E-state index in [2.05, 4.69) is 5.43 Å². The number of amides is 1. The number of hydrogen-bond donors (Lipinski definition) is 1. The first-order valence-electron chi connectivity index (χ1n) is 4.35. The normalized spacial score (nSPS) is 14.3. The zero-order valence-electron chi connectivity index (χ0n) is 7.98. The lowest BCUT2D eigenvalue weighted by Crippen LogP contribution is -2.39. The predicted molar refractivity (Wildman–Crippen MR) is 52.7 cm³/mol. The second kappa shape index (κ2) is 3.29. The molecule has 0 unspecified atom stereocenters. The molecular weight excluding hydrogens is 196 g/mol. The number of ketones is 1. The first kappa shape index (κ1) is 9.54. The van der Waals surface area contributed by atoms with Gasteiger partial charge in [0.2, 0.25) is 0 Å². The second-order valence-electron chi connectivity index (χ2n) is 3.05. The molecule has 0 bridgehead atoms. The van der Waals surface area contributed by atoms with E-state index < -0.39 is 11.7 Å². The summed E-state index contributed by atoms with van der Waals surface area (Å²) in [6, 6.07) is 4.75. The number of hydrogen-bond acceptors (Lipinski definition) is 4. The summed E-state index contributed by atoms with van der Waals surface area (Å²) in [6.45, 7) is 0. The number of aldehydes is 1. The Bertz CT molecular complexity index is 468. The molecular formula is C10H8N2O3. The second-order valence-corrected chi connectivity index (χ2v) is 3.05. The highest BCUT2D eigenvalue weighted by Gasteiger charge is 2.37. The fraction of sp³-hybridized carbons (Fsp3) is 0.100. The van der Waals surface area contributed by atoms with Crippen molar-refractivity contribution in [1.29, 1.82) is 0 Å². The summed E-state index contributed by atoms with van der Waals surface area (Å²) in [6.07, 6.45) is 0.573. The maximum absolute atomic E-state index is 11.6. The van der Waals surface area contributed by atoms with Gasteiger partial charge in [0.05, 0.1) is 11.3 Å². The van der Waals surface area contributed by atoms with Crippen LogP contribution in [0.15, 0.2) is 18.2 Å².